The summed E-state index contributed by atoms with van der Waals surface area (Å²) in [6.07, 6.45) is 0. The maximum Gasteiger partial charge on any atom is 0.165 e. The Morgan fingerprint density at radius 2 is 1.08 bits per heavy atom. The van der Waals surface area contributed by atoms with Crippen LogP contribution in [0.15, 0.2) is 199 Å². The molecule has 0 saturated carbocycles. The molecule has 6 heteroatoms. The highest BCUT2D eigenvalue weighted by Crippen LogP contribution is 2.44. The fourth-order valence-electron chi connectivity index (χ4n) is 9.92. The fraction of sp³-hybridized carbons (Fsp3) is 0. The number of nitrogens with zero attached hydrogens (tertiary/aromatic N) is 4. The number of benzene rings is 10. The van der Waals surface area contributed by atoms with Crippen LogP contribution < -0.4 is 0 Å². The van der Waals surface area contributed by atoms with E-state index in [0.717, 1.165) is 66.1 Å². The second kappa shape index (κ2) is 13.2. The Morgan fingerprint density at radius 1 is 0.397 bits per heavy atom. The second-order valence-electron chi connectivity index (χ2n) is 16.3. The molecular formula is C57H32N4OS. The van der Waals surface area contributed by atoms with Crippen molar-refractivity contribution in [2.75, 3.05) is 0 Å². The molecule has 0 unspecified atom stereocenters. The van der Waals surface area contributed by atoms with Gasteiger partial charge in [-0.15, -0.1) is 11.3 Å². The molecule has 0 fully saturated rings. The van der Waals surface area contributed by atoms with Gasteiger partial charge in [0.1, 0.15) is 5.58 Å². The molecule has 0 bridgehead atoms. The number of para-hydroxylation sites is 1. The molecule has 0 aliphatic rings. The van der Waals surface area contributed by atoms with Crippen LogP contribution in [0.3, 0.4) is 0 Å². The van der Waals surface area contributed by atoms with Crippen molar-refractivity contribution in [3.05, 3.63) is 194 Å². The average Bonchev–Trinajstić information content (AvgIpc) is 4.03. The van der Waals surface area contributed by atoms with E-state index in [2.05, 4.69) is 180 Å². The second-order valence-corrected chi connectivity index (χ2v) is 17.4. The Morgan fingerprint density at radius 3 is 1.97 bits per heavy atom. The van der Waals surface area contributed by atoms with Gasteiger partial charge < -0.3 is 8.98 Å². The van der Waals surface area contributed by atoms with Gasteiger partial charge in [0.25, 0.3) is 0 Å². The Kier molecular flexibility index (Phi) is 7.21. The number of fused-ring (bicyclic) bond motifs is 14. The molecule has 4 heterocycles. The minimum Gasteiger partial charge on any atom is -0.454 e. The van der Waals surface area contributed by atoms with E-state index in [1.54, 1.807) is 11.3 Å². The van der Waals surface area contributed by atoms with E-state index in [4.69, 9.17) is 19.4 Å². The average molecular weight is 821 g/mol. The molecule has 0 aliphatic heterocycles. The largest absolute Gasteiger partial charge is 0.454 e. The normalized spacial score (nSPS) is 12.1. The molecule has 14 rings (SSSR count). The summed E-state index contributed by atoms with van der Waals surface area (Å²) in [7, 11) is 0. The van der Waals surface area contributed by atoms with Gasteiger partial charge in [-0.05, 0) is 80.8 Å². The molecule has 4 aromatic heterocycles. The molecule has 0 atom stereocenters. The van der Waals surface area contributed by atoms with Crippen LogP contribution in [0.25, 0.3) is 136 Å². The molecule has 63 heavy (non-hydrogen) atoms. The topological polar surface area (TPSA) is 56.7 Å². The number of thiophene rings is 1. The van der Waals surface area contributed by atoms with Crippen LogP contribution in [-0.2, 0) is 0 Å². The molecule has 14 aromatic rings. The first-order valence-corrected chi connectivity index (χ1v) is 22.0. The maximum absolute atomic E-state index is 6.94. The number of hydrogen-bond acceptors (Lipinski definition) is 5. The number of hydrogen-bond donors (Lipinski definition) is 0. The van der Waals surface area contributed by atoms with Crippen molar-refractivity contribution in [3.8, 4) is 39.9 Å². The first-order chi connectivity index (χ1) is 31.2. The fourth-order valence-corrected chi connectivity index (χ4v) is 11.1. The van der Waals surface area contributed by atoms with Gasteiger partial charge in [0, 0.05) is 58.4 Å². The van der Waals surface area contributed by atoms with Crippen LogP contribution in [0.2, 0.25) is 0 Å². The molecule has 0 amide bonds. The van der Waals surface area contributed by atoms with Gasteiger partial charge in [0.05, 0.1) is 16.7 Å². The van der Waals surface area contributed by atoms with E-state index in [1.165, 1.54) is 52.5 Å². The first kappa shape index (κ1) is 34.5. The Labute approximate surface area is 363 Å². The smallest absolute Gasteiger partial charge is 0.165 e. The van der Waals surface area contributed by atoms with Gasteiger partial charge in [0.2, 0.25) is 0 Å². The minimum absolute atomic E-state index is 0.629. The lowest BCUT2D eigenvalue weighted by atomic mass is 10.0. The molecule has 10 aromatic carbocycles. The van der Waals surface area contributed by atoms with E-state index in [-0.39, 0.29) is 0 Å². The lowest BCUT2D eigenvalue weighted by Crippen LogP contribution is -2.00. The van der Waals surface area contributed by atoms with E-state index in [9.17, 15) is 0 Å². The highest BCUT2D eigenvalue weighted by Gasteiger charge is 2.22. The van der Waals surface area contributed by atoms with E-state index >= 15 is 0 Å². The van der Waals surface area contributed by atoms with Gasteiger partial charge in [-0.25, -0.2) is 15.0 Å². The Balaban J connectivity index is 0.966. The number of rotatable bonds is 4. The summed E-state index contributed by atoms with van der Waals surface area (Å²) in [6, 6.07) is 69.0. The monoisotopic (exact) mass is 820 g/mol. The Hall–Kier alpha value is -8.19. The molecule has 0 N–H and O–H groups in total. The molecule has 0 spiro atoms. The minimum atomic E-state index is 0.629. The highest BCUT2D eigenvalue weighted by atomic mass is 32.1. The standard InChI is InChI=1S/C57H32N4OS/c1-2-13-34(14-3-1)55-58-56(60-57(59-55)44-21-10-19-42-41-18-8-9-23-50(41)63-54(42)44)38-24-27-40-37(30-38)26-29-49-52(40)43-20-11-22-47(53(43)62-49)61-46-28-25-33-12-6-7-17-39(33)51(46)45-31-35-15-4-5-16-36(35)32-48(45)61/h1-32H. The molecule has 292 valence electrons. The van der Waals surface area contributed by atoms with E-state index in [0.29, 0.717) is 17.5 Å². The SMILES string of the molecule is c1ccc(-c2nc(-c3ccc4c(ccc5oc6c(-n7c8cc9ccccc9cc8c8c9ccccc9ccc87)cccc6c54)c3)nc(-c3cccc4c3sc3ccccc34)n2)cc1. The van der Waals surface area contributed by atoms with Crippen molar-refractivity contribution in [2.24, 2.45) is 0 Å². The summed E-state index contributed by atoms with van der Waals surface area (Å²) in [5, 5.41) is 14.2. The van der Waals surface area contributed by atoms with Crippen LogP contribution in [-0.4, -0.2) is 19.5 Å². The third-order valence-electron chi connectivity index (χ3n) is 12.8. The molecule has 0 saturated heterocycles. The highest BCUT2D eigenvalue weighted by molar-refractivity contribution is 7.26. The summed E-state index contributed by atoms with van der Waals surface area (Å²) in [5.74, 6) is 1.93. The van der Waals surface area contributed by atoms with Crippen LogP contribution >= 0.6 is 11.3 Å². The van der Waals surface area contributed by atoms with Crippen molar-refractivity contribution in [3.63, 3.8) is 0 Å². The van der Waals surface area contributed by atoms with Crippen molar-refractivity contribution in [1.29, 1.82) is 0 Å². The van der Waals surface area contributed by atoms with Crippen LogP contribution in [0, 0.1) is 0 Å². The summed E-state index contributed by atoms with van der Waals surface area (Å²) in [6.45, 7) is 0. The summed E-state index contributed by atoms with van der Waals surface area (Å²) >= 11 is 1.78. The lowest BCUT2D eigenvalue weighted by molar-refractivity contribution is 0.666. The van der Waals surface area contributed by atoms with Crippen molar-refractivity contribution in [2.45, 2.75) is 0 Å². The van der Waals surface area contributed by atoms with Gasteiger partial charge in [0.15, 0.2) is 23.1 Å². The van der Waals surface area contributed by atoms with Crippen molar-refractivity contribution >= 4 is 108 Å². The summed E-state index contributed by atoms with van der Waals surface area (Å²) in [4.78, 5) is 15.5. The van der Waals surface area contributed by atoms with Crippen LogP contribution in [0.5, 0.6) is 0 Å². The van der Waals surface area contributed by atoms with E-state index in [1.807, 2.05) is 18.2 Å². The molecular weight excluding hydrogens is 789 g/mol. The summed E-state index contributed by atoms with van der Waals surface area (Å²) in [5.41, 5.74) is 7.88. The molecule has 5 nitrogen and oxygen atoms in total. The van der Waals surface area contributed by atoms with Gasteiger partial charge in [-0.3, -0.25) is 0 Å². The Bertz CT molecular complexity index is 4220. The maximum atomic E-state index is 6.94. The zero-order valence-corrected chi connectivity index (χ0v) is 34.4. The van der Waals surface area contributed by atoms with Crippen LogP contribution in [0.1, 0.15) is 0 Å². The predicted octanol–water partition coefficient (Wildman–Crippen LogP) is 15.7. The van der Waals surface area contributed by atoms with Gasteiger partial charge >= 0.3 is 0 Å². The zero-order chi connectivity index (χ0) is 41.2. The van der Waals surface area contributed by atoms with Crippen molar-refractivity contribution in [1.82, 2.24) is 19.5 Å². The first-order valence-electron chi connectivity index (χ1n) is 21.2. The predicted molar refractivity (Wildman–Crippen MR) is 263 cm³/mol. The van der Waals surface area contributed by atoms with Gasteiger partial charge in [-0.1, -0.05) is 146 Å². The number of aromatic nitrogens is 4. The number of furan rings is 1. The zero-order valence-electron chi connectivity index (χ0n) is 33.6. The van der Waals surface area contributed by atoms with E-state index < -0.39 is 0 Å². The quantitative estimate of drug-likeness (QED) is 0.177. The van der Waals surface area contributed by atoms with Crippen LogP contribution in [0.4, 0.5) is 0 Å². The molecule has 0 radical (unpaired) electrons. The lowest BCUT2D eigenvalue weighted by Gasteiger charge is -2.10. The third kappa shape index (κ3) is 5.13. The molecule has 0 aliphatic carbocycles. The van der Waals surface area contributed by atoms with Gasteiger partial charge in [-0.2, -0.15) is 0 Å². The summed E-state index contributed by atoms with van der Waals surface area (Å²) < 4.78 is 11.8. The third-order valence-corrected chi connectivity index (χ3v) is 14.0. The van der Waals surface area contributed by atoms with Crippen molar-refractivity contribution < 1.29 is 4.42 Å².